The molecule has 1 aliphatic heterocycles. The van der Waals surface area contributed by atoms with E-state index in [-0.39, 0.29) is 18.6 Å². The molecule has 1 N–H and O–H groups in total. The van der Waals surface area contributed by atoms with Crippen LogP contribution in [0.3, 0.4) is 0 Å². The normalized spacial score (nSPS) is 13.4. The summed E-state index contributed by atoms with van der Waals surface area (Å²) in [6.45, 7) is 3.11. The zero-order valence-corrected chi connectivity index (χ0v) is 13.7. The predicted molar refractivity (Wildman–Crippen MR) is 90.5 cm³/mol. The van der Waals surface area contributed by atoms with Crippen LogP contribution in [0.25, 0.3) is 0 Å². The molecule has 5 heteroatoms. The number of amides is 1. The molecule has 0 bridgehead atoms. The van der Waals surface area contributed by atoms with Gasteiger partial charge in [0.25, 0.3) is 0 Å². The lowest BCUT2D eigenvalue weighted by Crippen LogP contribution is -2.32. The van der Waals surface area contributed by atoms with E-state index in [2.05, 4.69) is 5.32 Å². The molecule has 0 saturated heterocycles. The molecule has 0 saturated carbocycles. The molecular weight excluding hydrogens is 306 g/mol. The molecule has 1 aliphatic rings. The average Bonchev–Trinajstić information content (AvgIpc) is 3.08. The van der Waals surface area contributed by atoms with Crippen LogP contribution >= 0.6 is 0 Å². The van der Waals surface area contributed by atoms with Gasteiger partial charge in [-0.05, 0) is 24.1 Å². The zero-order valence-electron chi connectivity index (χ0n) is 13.7. The van der Waals surface area contributed by atoms with Gasteiger partial charge in [-0.25, -0.2) is 0 Å². The van der Waals surface area contributed by atoms with Crippen molar-refractivity contribution in [1.29, 1.82) is 0 Å². The Labute approximate surface area is 141 Å². The quantitative estimate of drug-likeness (QED) is 0.794. The van der Waals surface area contributed by atoms with Crippen molar-refractivity contribution in [2.45, 2.75) is 19.3 Å². The highest BCUT2D eigenvalue weighted by molar-refractivity contribution is 5.83. The lowest BCUT2D eigenvalue weighted by molar-refractivity contribution is -0.122. The van der Waals surface area contributed by atoms with Gasteiger partial charge in [-0.1, -0.05) is 37.3 Å². The highest BCUT2D eigenvalue weighted by Gasteiger charge is 2.18. The first-order chi connectivity index (χ1) is 11.8. The van der Waals surface area contributed by atoms with Gasteiger partial charge in [0.1, 0.15) is 12.4 Å². The summed E-state index contributed by atoms with van der Waals surface area (Å²) in [6, 6.07) is 15.3. The van der Waals surface area contributed by atoms with Gasteiger partial charge in [0.05, 0.1) is 12.5 Å². The smallest absolute Gasteiger partial charge is 0.231 e. The van der Waals surface area contributed by atoms with E-state index in [0.29, 0.717) is 24.7 Å². The molecule has 3 rings (SSSR count). The van der Waals surface area contributed by atoms with Crippen molar-refractivity contribution in [2.24, 2.45) is 0 Å². The fourth-order valence-electron chi connectivity index (χ4n) is 2.69. The predicted octanol–water partition coefficient (Wildman–Crippen LogP) is 3.10. The number of carbonyl (C=O) groups is 1. The van der Waals surface area contributed by atoms with Gasteiger partial charge in [0.2, 0.25) is 12.7 Å². The Morgan fingerprint density at radius 2 is 1.96 bits per heavy atom. The van der Waals surface area contributed by atoms with Crippen molar-refractivity contribution in [3.63, 3.8) is 0 Å². The van der Waals surface area contributed by atoms with Crippen LogP contribution in [0.4, 0.5) is 0 Å². The number of benzene rings is 2. The van der Waals surface area contributed by atoms with Crippen molar-refractivity contribution in [3.05, 3.63) is 54.1 Å². The van der Waals surface area contributed by atoms with Crippen LogP contribution in [-0.2, 0) is 4.79 Å². The molecule has 2 aromatic rings. The van der Waals surface area contributed by atoms with Crippen LogP contribution in [0, 0.1) is 0 Å². The number of ether oxygens (including phenoxy) is 3. The molecule has 2 aromatic carbocycles. The third-order valence-corrected chi connectivity index (χ3v) is 3.94. The van der Waals surface area contributed by atoms with E-state index in [4.69, 9.17) is 14.2 Å². The van der Waals surface area contributed by atoms with E-state index in [9.17, 15) is 4.79 Å². The first-order valence-electron chi connectivity index (χ1n) is 8.13. The van der Waals surface area contributed by atoms with Gasteiger partial charge in [0.15, 0.2) is 11.5 Å². The number of nitrogens with one attached hydrogen (secondary N) is 1. The van der Waals surface area contributed by atoms with Gasteiger partial charge in [-0.3, -0.25) is 4.79 Å². The Balaban J connectivity index is 1.46. The van der Waals surface area contributed by atoms with Crippen LogP contribution in [0.1, 0.15) is 24.8 Å². The minimum Gasteiger partial charge on any atom is -0.492 e. The summed E-state index contributed by atoms with van der Waals surface area (Å²) < 4.78 is 16.2. The monoisotopic (exact) mass is 327 g/mol. The third kappa shape index (κ3) is 3.79. The highest BCUT2D eigenvalue weighted by atomic mass is 16.7. The molecular formula is C19H21NO4. The molecule has 5 nitrogen and oxygen atoms in total. The molecule has 1 amide bonds. The number of carbonyl (C=O) groups excluding carboxylic acids is 1. The fourth-order valence-corrected chi connectivity index (χ4v) is 2.69. The Kier molecular flexibility index (Phi) is 5.21. The van der Waals surface area contributed by atoms with Gasteiger partial charge in [0, 0.05) is 6.07 Å². The zero-order chi connectivity index (χ0) is 16.8. The van der Waals surface area contributed by atoms with Crippen LogP contribution in [0.15, 0.2) is 48.5 Å². The number of fused-ring (bicyclic) bond motifs is 1. The van der Waals surface area contributed by atoms with E-state index in [1.165, 1.54) is 0 Å². The summed E-state index contributed by atoms with van der Waals surface area (Å²) in [5, 5.41) is 2.93. The SMILES string of the molecule is CC[C@H](C(=O)NCCOc1ccc2c(c1)OCO2)c1ccccc1. The second-order valence-corrected chi connectivity index (χ2v) is 5.53. The molecule has 1 heterocycles. The second-order valence-electron chi connectivity index (χ2n) is 5.53. The van der Waals surface area contributed by atoms with Gasteiger partial charge in [-0.15, -0.1) is 0 Å². The minimum absolute atomic E-state index is 0.0259. The largest absolute Gasteiger partial charge is 0.492 e. The van der Waals surface area contributed by atoms with Crippen molar-refractivity contribution in [2.75, 3.05) is 19.9 Å². The van der Waals surface area contributed by atoms with Crippen molar-refractivity contribution < 1.29 is 19.0 Å². The maximum Gasteiger partial charge on any atom is 0.231 e. The van der Waals surface area contributed by atoms with Gasteiger partial charge >= 0.3 is 0 Å². The molecule has 24 heavy (non-hydrogen) atoms. The lowest BCUT2D eigenvalue weighted by atomic mass is 9.96. The Hall–Kier alpha value is -2.69. The molecule has 0 aromatic heterocycles. The number of hydrogen-bond acceptors (Lipinski definition) is 4. The lowest BCUT2D eigenvalue weighted by Gasteiger charge is -2.15. The average molecular weight is 327 g/mol. The summed E-state index contributed by atoms with van der Waals surface area (Å²) in [6.07, 6.45) is 0.763. The molecule has 126 valence electrons. The first kappa shape index (κ1) is 16.2. The summed E-state index contributed by atoms with van der Waals surface area (Å²) in [5.74, 6) is 2.01. The van der Waals surface area contributed by atoms with Crippen molar-refractivity contribution >= 4 is 5.91 Å². The van der Waals surface area contributed by atoms with Crippen LogP contribution in [0.2, 0.25) is 0 Å². The summed E-state index contributed by atoms with van der Waals surface area (Å²) in [5.41, 5.74) is 1.04. The Bertz CT molecular complexity index is 687. The van der Waals surface area contributed by atoms with E-state index >= 15 is 0 Å². The Morgan fingerprint density at radius 3 is 2.75 bits per heavy atom. The summed E-state index contributed by atoms with van der Waals surface area (Å²) in [4.78, 5) is 12.3. The van der Waals surface area contributed by atoms with E-state index in [1.807, 2.05) is 49.4 Å². The summed E-state index contributed by atoms with van der Waals surface area (Å²) >= 11 is 0. The van der Waals surface area contributed by atoms with E-state index in [0.717, 1.165) is 17.7 Å². The molecule has 0 aliphatic carbocycles. The second kappa shape index (κ2) is 7.73. The van der Waals surface area contributed by atoms with E-state index < -0.39 is 0 Å². The van der Waals surface area contributed by atoms with Crippen LogP contribution in [0.5, 0.6) is 17.2 Å². The Morgan fingerprint density at radius 1 is 1.17 bits per heavy atom. The minimum atomic E-state index is -0.128. The van der Waals surface area contributed by atoms with E-state index in [1.54, 1.807) is 6.07 Å². The molecule has 0 fully saturated rings. The summed E-state index contributed by atoms with van der Waals surface area (Å²) in [7, 11) is 0. The number of rotatable bonds is 7. The van der Waals surface area contributed by atoms with Crippen molar-refractivity contribution in [3.8, 4) is 17.2 Å². The fraction of sp³-hybridized carbons (Fsp3) is 0.316. The maximum atomic E-state index is 12.3. The van der Waals surface area contributed by atoms with Gasteiger partial charge < -0.3 is 19.5 Å². The van der Waals surface area contributed by atoms with Crippen LogP contribution < -0.4 is 19.5 Å². The van der Waals surface area contributed by atoms with Crippen molar-refractivity contribution in [1.82, 2.24) is 5.32 Å². The third-order valence-electron chi connectivity index (χ3n) is 3.94. The van der Waals surface area contributed by atoms with Gasteiger partial charge in [-0.2, -0.15) is 0 Å². The molecule has 0 radical (unpaired) electrons. The topological polar surface area (TPSA) is 56.8 Å². The first-order valence-corrected chi connectivity index (χ1v) is 8.13. The van der Waals surface area contributed by atoms with Crippen LogP contribution in [-0.4, -0.2) is 25.9 Å². The standard InChI is InChI=1S/C19H21NO4/c1-2-16(14-6-4-3-5-7-14)19(21)20-10-11-22-15-8-9-17-18(12-15)24-13-23-17/h3-9,12,16H,2,10-11,13H2,1H3,(H,20,21)/t16-/m0/s1. The molecule has 0 spiro atoms. The molecule has 0 unspecified atom stereocenters. The number of hydrogen-bond donors (Lipinski definition) is 1. The highest BCUT2D eigenvalue weighted by Crippen LogP contribution is 2.34. The molecule has 1 atom stereocenters. The maximum absolute atomic E-state index is 12.3.